The molecule has 0 heterocycles. The Hall–Kier alpha value is -0.680. The SMILES string of the molecule is CCOP(=O)(O)CC(=O)C(C)Oc1ccc(Br)cc1. The van der Waals surface area contributed by atoms with E-state index in [9.17, 15) is 14.3 Å². The van der Waals surface area contributed by atoms with Crippen LogP contribution in [0.1, 0.15) is 13.8 Å². The molecule has 0 radical (unpaired) electrons. The third-order valence-electron chi connectivity index (χ3n) is 2.27. The Morgan fingerprint density at radius 1 is 1.42 bits per heavy atom. The molecule has 2 atom stereocenters. The number of hydrogen-bond donors (Lipinski definition) is 1. The average molecular weight is 351 g/mol. The standard InChI is InChI=1S/C12H16BrO5P/c1-3-17-19(15,16)8-12(14)9(2)18-11-6-4-10(13)5-7-11/h4-7,9H,3,8H2,1-2H3,(H,15,16). The second-order valence-electron chi connectivity index (χ2n) is 3.89. The van der Waals surface area contributed by atoms with Gasteiger partial charge in [-0.3, -0.25) is 9.36 Å². The van der Waals surface area contributed by atoms with E-state index in [1.165, 1.54) is 6.92 Å². The van der Waals surface area contributed by atoms with Gasteiger partial charge in [0.05, 0.1) is 6.61 Å². The summed E-state index contributed by atoms with van der Waals surface area (Å²) in [6, 6.07) is 6.97. The van der Waals surface area contributed by atoms with Crippen molar-refractivity contribution in [1.29, 1.82) is 0 Å². The van der Waals surface area contributed by atoms with E-state index in [1.54, 1.807) is 31.2 Å². The van der Waals surface area contributed by atoms with Crippen molar-refractivity contribution in [3.05, 3.63) is 28.7 Å². The number of halogens is 1. The minimum atomic E-state index is -3.85. The normalized spacial score (nSPS) is 15.6. The highest BCUT2D eigenvalue weighted by Gasteiger charge is 2.27. The van der Waals surface area contributed by atoms with Gasteiger partial charge < -0.3 is 14.2 Å². The van der Waals surface area contributed by atoms with Gasteiger partial charge in [0.15, 0.2) is 11.9 Å². The van der Waals surface area contributed by atoms with E-state index in [0.29, 0.717) is 5.75 Å². The number of hydrogen-bond acceptors (Lipinski definition) is 4. The molecule has 0 fully saturated rings. The molecule has 0 aliphatic heterocycles. The number of ether oxygens (including phenoxy) is 1. The molecule has 106 valence electrons. The Morgan fingerprint density at radius 3 is 2.53 bits per heavy atom. The molecular weight excluding hydrogens is 335 g/mol. The van der Waals surface area contributed by atoms with Crippen molar-refractivity contribution in [1.82, 2.24) is 0 Å². The van der Waals surface area contributed by atoms with E-state index < -0.39 is 25.6 Å². The summed E-state index contributed by atoms with van der Waals surface area (Å²) < 4.78 is 22.4. The molecule has 5 nitrogen and oxygen atoms in total. The zero-order chi connectivity index (χ0) is 14.5. The maximum Gasteiger partial charge on any atom is 0.335 e. The molecule has 7 heteroatoms. The first-order valence-electron chi connectivity index (χ1n) is 5.75. The molecule has 0 spiro atoms. The van der Waals surface area contributed by atoms with E-state index >= 15 is 0 Å². The lowest BCUT2D eigenvalue weighted by molar-refractivity contribution is -0.122. The number of ketones is 1. The van der Waals surface area contributed by atoms with Crippen molar-refractivity contribution in [2.45, 2.75) is 20.0 Å². The number of rotatable bonds is 7. The Morgan fingerprint density at radius 2 is 2.00 bits per heavy atom. The van der Waals surface area contributed by atoms with E-state index in [2.05, 4.69) is 20.5 Å². The Balaban J connectivity index is 2.58. The summed E-state index contributed by atoms with van der Waals surface area (Å²) in [6.07, 6.45) is -1.35. The van der Waals surface area contributed by atoms with Crippen LogP contribution >= 0.6 is 23.5 Å². The largest absolute Gasteiger partial charge is 0.483 e. The Labute approximate surface area is 120 Å². The molecule has 0 bridgehead atoms. The summed E-state index contributed by atoms with van der Waals surface area (Å²) >= 11 is 3.29. The van der Waals surface area contributed by atoms with E-state index in [0.717, 1.165) is 4.47 Å². The van der Waals surface area contributed by atoms with Crippen LogP contribution in [-0.2, 0) is 13.9 Å². The summed E-state index contributed by atoms with van der Waals surface area (Å²) in [7, 11) is -3.85. The molecule has 0 aromatic heterocycles. The lowest BCUT2D eigenvalue weighted by Crippen LogP contribution is -2.27. The summed E-state index contributed by atoms with van der Waals surface area (Å²) in [5.74, 6) is 0.0513. The summed E-state index contributed by atoms with van der Waals surface area (Å²) in [4.78, 5) is 21.1. The van der Waals surface area contributed by atoms with Gasteiger partial charge >= 0.3 is 7.60 Å². The van der Waals surface area contributed by atoms with Gasteiger partial charge in [0.1, 0.15) is 11.9 Å². The van der Waals surface area contributed by atoms with Crippen LogP contribution in [0.4, 0.5) is 0 Å². The van der Waals surface area contributed by atoms with E-state index in [-0.39, 0.29) is 6.61 Å². The third-order valence-corrected chi connectivity index (χ3v) is 4.17. The third kappa shape index (κ3) is 5.87. The van der Waals surface area contributed by atoms with Crippen molar-refractivity contribution < 1.29 is 23.5 Å². The second-order valence-corrected chi connectivity index (χ2v) is 6.66. The lowest BCUT2D eigenvalue weighted by atomic mass is 10.3. The first-order valence-corrected chi connectivity index (χ1v) is 8.31. The molecule has 1 aromatic carbocycles. The number of carbonyl (C=O) groups excluding carboxylic acids is 1. The van der Waals surface area contributed by atoms with Gasteiger partial charge in [-0.25, -0.2) is 0 Å². The van der Waals surface area contributed by atoms with Crippen LogP contribution in [0.3, 0.4) is 0 Å². The quantitative estimate of drug-likeness (QED) is 0.765. The van der Waals surface area contributed by atoms with Crippen LogP contribution in [0.25, 0.3) is 0 Å². The zero-order valence-corrected chi connectivity index (χ0v) is 13.2. The van der Waals surface area contributed by atoms with Crippen LogP contribution in [0.2, 0.25) is 0 Å². The maximum atomic E-state index is 11.8. The van der Waals surface area contributed by atoms with Gasteiger partial charge in [-0.15, -0.1) is 0 Å². The second kappa shape index (κ2) is 7.20. The molecule has 0 amide bonds. The Kier molecular flexibility index (Phi) is 6.20. The molecule has 2 unspecified atom stereocenters. The molecule has 0 saturated heterocycles. The average Bonchev–Trinajstić information content (AvgIpc) is 2.31. The van der Waals surface area contributed by atoms with Crippen molar-refractivity contribution in [2.24, 2.45) is 0 Å². The van der Waals surface area contributed by atoms with Crippen LogP contribution < -0.4 is 4.74 Å². The zero-order valence-electron chi connectivity index (χ0n) is 10.7. The molecular formula is C12H16BrO5P. The van der Waals surface area contributed by atoms with Gasteiger partial charge in [0.25, 0.3) is 0 Å². The minimum Gasteiger partial charge on any atom is -0.483 e. The highest BCUT2D eigenvalue weighted by molar-refractivity contribution is 9.10. The minimum absolute atomic E-state index is 0.0863. The van der Waals surface area contributed by atoms with Crippen molar-refractivity contribution in [3.63, 3.8) is 0 Å². The molecule has 19 heavy (non-hydrogen) atoms. The van der Waals surface area contributed by atoms with Crippen LogP contribution in [0.5, 0.6) is 5.75 Å². The molecule has 1 rings (SSSR count). The first kappa shape index (κ1) is 16.4. The van der Waals surface area contributed by atoms with Gasteiger partial charge in [0, 0.05) is 4.47 Å². The van der Waals surface area contributed by atoms with Gasteiger partial charge in [-0.2, -0.15) is 0 Å². The van der Waals surface area contributed by atoms with Crippen LogP contribution in [-0.4, -0.2) is 29.5 Å². The predicted molar refractivity (Wildman–Crippen MR) is 75.6 cm³/mol. The van der Waals surface area contributed by atoms with Crippen LogP contribution in [0, 0.1) is 0 Å². The van der Waals surface area contributed by atoms with Crippen LogP contribution in [0.15, 0.2) is 28.7 Å². The van der Waals surface area contributed by atoms with Gasteiger partial charge in [-0.1, -0.05) is 15.9 Å². The topological polar surface area (TPSA) is 72.8 Å². The van der Waals surface area contributed by atoms with E-state index in [4.69, 9.17) is 4.74 Å². The number of Topliss-reactive ketones (excluding diaryl/α,β-unsaturated/α-hetero) is 1. The summed E-state index contributed by atoms with van der Waals surface area (Å²) in [5.41, 5.74) is 0. The summed E-state index contributed by atoms with van der Waals surface area (Å²) in [6.45, 7) is 3.22. The Bertz CT molecular complexity index is 474. The lowest BCUT2D eigenvalue weighted by Gasteiger charge is -2.15. The number of benzene rings is 1. The fourth-order valence-electron chi connectivity index (χ4n) is 1.36. The van der Waals surface area contributed by atoms with Crippen molar-refractivity contribution >= 4 is 29.3 Å². The fraction of sp³-hybridized carbons (Fsp3) is 0.417. The maximum absolute atomic E-state index is 11.8. The molecule has 1 N–H and O–H groups in total. The molecule has 0 aliphatic rings. The number of carbonyl (C=O) groups is 1. The first-order chi connectivity index (χ1) is 8.84. The molecule has 1 aromatic rings. The molecule has 0 saturated carbocycles. The van der Waals surface area contributed by atoms with Gasteiger partial charge in [0.2, 0.25) is 0 Å². The van der Waals surface area contributed by atoms with Crippen molar-refractivity contribution in [3.8, 4) is 5.75 Å². The summed E-state index contributed by atoms with van der Waals surface area (Å²) in [5, 5.41) is 0. The monoisotopic (exact) mass is 350 g/mol. The predicted octanol–water partition coefficient (Wildman–Crippen LogP) is 3.01. The highest BCUT2D eigenvalue weighted by atomic mass is 79.9. The smallest absolute Gasteiger partial charge is 0.335 e. The van der Waals surface area contributed by atoms with E-state index in [1.807, 2.05) is 0 Å². The van der Waals surface area contributed by atoms with Gasteiger partial charge in [-0.05, 0) is 38.1 Å². The highest BCUT2D eigenvalue weighted by Crippen LogP contribution is 2.41. The fourth-order valence-corrected chi connectivity index (χ4v) is 2.77. The molecule has 0 aliphatic carbocycles. The van der Waals surface area contributed by atoms with Crippen molar-refractivity contribution in [2.75, 3.05) is 12.8 Å².